The van der Waals surface area contributed by atoms with Crippen LogP contribution in [0.25, 0.3) is 6.08 Å². The molecular weight excluding hydrogens is 472 g/mol. The normalized spacial score (nSPS) is 14.7. The van der Waals surface area contributed by atoms with Crippen LogP contribution in [0.4, 0.5) is 5.69 Å². The van der Waals surface area contributed by atoms with Gasteiger partial charge in [-0.3, -0.25) is 19.8 Å². The number of carbonyl (C=O) groups excluding carboxylic acids is 2. The fraction of sp³-hybridized carbons (Fsp3) is 0.120. The van der Waals surface area contributed by atoms with Gasteiger partial charge in [0, 0.05) is 0 Å². The summed E-state index contributed by atoms with van der Waals surface area (Å²) in [5, 5.41) is 11.5. The first-order valence-corrected chi connectivity index (χ1v) is 10.8. The van der Waals surface area contributed by atoms with Crippen LogP contribution < -0.4 is 19.7 Å². The molecule has 1 aliphatic rings. The minimum absolute atomic E-state index is 0.0109. The zero-order valence-corrected chi connectivity index (χ0v) is 19.5. The van der Waals surface area contributed by atoms with E-state index in [1.165, 1.54) is 30.2 Å². The van der Waals surface area contributed by atoms with Crippen LogP contribution in [0.3, 0.4) is 0 Å². The van der Waals surface area contributed by atoms with E-state index in [0.29, 0.717) is 28.5 Å². The summed E-state index contributed by atoms with van der Waals surface area (Å²) in [4.78, 5) is 38.1. The molecule has 0 bridgehead atoms. The molecule has 0 unspecified atom stereocenters. The predicted molar refractivity (Wildman–Crippen MR) is 130 cm³/mol. The van der Waals surface area contributed by atoms with Gasteiger partial charge < -0.3 is 19.0 Å². The summed E-state index contributed by atoms with van der Waals surface area (Å²) in [6.07, 6.45) is 1.45. The van der Waals surface area contributed by atoms with Crippen LogP contribution in [0, 0.1) is 6.92 Å². The highest BCUT2D eigenvalue weighted by molar-refractivity contribution is 7.80. The fourth-order valence-electron chi connectivity index (χ4n) is 3.47. The minimum Gasteiger partial charge on any atom is -0.493 e. The first-order valence-electron chi connectivity index (χ1n) is 10.4. The molecule has 2 N–H and O–H groups in total. The molecule has 178 valence electrons. The van der Waals surface area contributed by atoms with Gasteiger partial charge in [-0.1, -0.05) is 24.3 Å². The quantitative estimate of drug-likeness (QED) is 0.291. The maximum atomic E-state index is 13.2. The number of ether oxygens (including phenoxy) is 2. The summed E-state index contributed by atoms with van der Waals surface area (Å²) in [7, 11) is 1.45. The van der Waals surface area contributed by atoms with E-state index >= 15 is 0 Å². The Balaban J connectivity index is 1.58. The molecule has 0 saturated carbocycles. The maximum Gasteiger partial charge on any atom is 0.371 e. The molecule has 0 aliphatic carbocycles. The smallest absolute Gasteiger partial charge is 0.371 e. The third kappa shape index (κ3) is 4.92. The zero-order valence-electron chi connectivity index (χ0n) is 18.7. The van der Waals surface area contributed by atoms with Gasteiger partial charge in [0.2, 0.25) is 5.76 Å². The van der Waals surface area contributed by atoms with E-state index in [1.54, 1.807) is 30.3 Å². The number of hydrogen-bond donors (Lipinski definition) is 2. The van der Waals surface area contributed by atoms with Crippen molar-refractivity contribution in [2.24, 2.45) is 0 Å². The van der Waals surface area contributed by atoms with E-state index in [-0.39, 0.29) is 23.1 Å². The van der Waals surface area contributed by atoms with Gasteiger partial charge in [0.05, 0.1) is 12.8 Å². The molecule has 0 radical (unpaired) electrons. The lowest BCUT2D eigenvalue weighted by Gasteiger charge is -2.30. The predicted octanol–water partition coefficient (Wildman–Crippen LogP) is 3.71. The van der Waals surface area contributed by atoms with Gasteiger partial charge in [-0.25, -0.2) is 4.79 Å². The second-order valence-electron chi connectivity index (χ2n) is 7.51. The third-order valence-corrected chi connectivity index (χ3v) is 5.48. The summed E-state index contributed by atoms with van der Waals surface area (Å²) >= 11 is 5.25. The van der Waals surface area contributed by atoms with Crippen LogP contribution in [0.1, 0.15) is 27.4 Å². The Bertz CT molecular complexity index is 1380. The molecule has 1 aliphatic heterocycles. The number of aromatic carboxylic acids is 1. The fourth-order valence-corrected chi connectivity index (χ4v) is 3.74. The molecule has 0 atom stereocenters. The highest BCUT2D eigenvalue weighted by Gasteiger charge is 2.35. The number of carboxylic acid groups (broad SMARTS) is 1. The van der Waals surface area contributed by atoms with Crippen LogP contribution in [-0.4, -0.2) is 35.1 Å². The van der Waals surface area contributed by atoms with E-state index in [4.69, 9.17) is 31.2 Å². The molecule has 10 heteroatoms. The van der Waals surface area contributed by atoms with Crippen molar-refractivity contribution >= 4 is 46.9 Å². The number of amides is 2. The topological polar surface area (TPSA) is 118 Å². The molecule has 9 nitrogen and oxygen atoms in total. The highest BCUT2D eigenvalue weighted by Crippen LogP contribution is 2.31. The Labute approximate surface area is 205 Å². The van der Waals surface area contributed by atoms with E-state index in [2.05, 4.69) is 5.32 Å². The molecule has 1 fully saturated rings. The molecule has 35 heavy (non-hydrogen) atoms. The largest absolute Gasteiger partial charge is 0.493 e. The Morgan fingerprint density at radius 1 is 1.14 bits per heavy atom. The number of aryl methyl sites for hydroxylation is 1. The Kier molecular flexibility index (Phi) is 6.65. The first kappa shape index (κ1) is 23.7. The van der Waals surface area contributed by atoms with E-state index in [9.17, 15) is 14.4 Å². The minimum atomic E-state index is -1.17. The molecule has 3 aromatic rings. The lowest BCUT2D eigenvalue weighted by Crippen LogP contribution is -2.54. The van der Waals surface area contributed by atoms with E-state index < -0.39 is 17.8 Å². The number of rotatable bonds is 7. The van der Waals surface area contributed by atoms with Gasteiger partial charge in [-0.15, -0.1) is 0 Å². The molecule has 4 rings (SSSR count). The van der Waals surface area contributed by atoms with Crippen molar-refractivity contribution in [3.63, 3.8) is 0 Å². The van der Waals surface area contributed by atoms with Gasteiger partial charge in [0.25, 0.3) is 11.8 Å². The van der Waals surface area contributed by atoms with Gasteiger partial charge in [0.15, 0.2) is 16.6 Å². The molecule has 2 heterocycles. The average Bonchev–Trinajstić information content (AvgIpc) is 3.31. The Morgan fingerprint density at radius 3 is 2.60 bits per heavy atom. The van der Waals surface area contributed by atoms with Crippen LogP contribution in [0.5, 0.6) is 11.5 Å². The lowest BCUT2D eigenvalue weighted by atomic mass is 10.1. The number of hydrogen-bond acceptors (Lipinski definition) is 7. The number of furan rings is 1. The van der Waals surface area contributed by atoms with Crippen molar-refractivity contribution in [3.8, 4) is 11.5 Å². The lowest BCUT2D eigenvalue weighted by molar-refractivity contribution is -0.122. The molecule has 2 amide bonds. The monoisotopic (exact) mass is 492 g/mol. The average molecular weight is 493 g/mol. The highest BCUT2D eigenvalue weighted by atomic mass is 32.1. The number of nitrogens with zero attached hydrogens (tertiary/aromatic N) is 1. The Morgan fingerprint density at radius 2 is 1.91 bits per heavy atom. The molecule has 0 spiro atoms. The zero-order chi connectivity index (χ0) is 25.1. The first-order chi connectivity index (χ1) is 16.8. The number of benzene rings is 2. The third-order valence-electron chi connectivity index (χ3n) is 5.20. The van der Waals surface area contributed by atoms with Crippen LogP contribution >= 0.6 is 12.2 Å². The summed E-state index contributed by atoms with van der Waals surface area (Å²) in [5.41, 5.74) is 1.85. The number of methoxy groups -OCH3 is 1. The van der Waals surface area contributed by atoms with Crippen molar-refractivity contribution in [2.75, 3.05) is 12.0 Å². The summed E-state index contributed by atoms with van der Waals surface area (Å²) < 4.78 is 16.3. The van der Waals surface area contributed by atoms with Crippen LogP contribution in [0.15, 0.2) is 64.6 Å². The number of anilines is 1. The molecule has 2 aromatic carbocycles. The van der Waals surface area contributed by atoms with E-state index in [1.807, 2.05) is 19.1 Å². The number of para-hydroxylation sites is 1. The summed E-state index contributed by atoms with van der Waals surface area (Å²) in [5.74, 6) is -1.46. The standard InChI is InChI=1S/C25H20N2O7S/c1-14-5-3-4-6-18(14)27-23(29)17(22(28)26-25(27)35)11-15-7-9-19(21(12-15)32-2)33-13-16-8-10-20(34-16)24(30)31/h3-12H,13H2,1-2H3,(H,30,31)(H,26,28,35). The second kappa shape index (κ2) is 9.82. The number of carbonyl (C=O) groups is 3. The van der Waals surface area contributed by atoms with Crippen LogP contribution in [0.2, 0.25) is 0 Å². The number of thiocarbonyl (C=S) groups is 1. The molecule has 1 aromatic heterocycles. The summed E-state index contributed by atoms with van der Waals surface area (Å²) in [6.45, 7) is 1.83. The van der Waals surface area contributed by atoms with Gasteiger partial charge in [0.1, 0.15) is 17.9 Å². The van der Waals surface area contributed by atoms with Crippen molar-refractivity contribution in [1.82, 2.24) is 5.32 Å². The van der Waals surface area contributed by atoms with Crippen LogP contribution in [-0.2, 0) is 16.2 Å². The van der Waals surface area contributed by atoms with Crippen molar-refractivity contribution in [1.29, 1.82) is 0 Å². The number of nitrogens with one attached hydrogen (secondary N) is 1. The van der Waals surface area contributed by atoms with Gasteiger partial charge in [-0.2, -0.15) is 0 Å². The maximum absolute atomic E-state index is 13.2. The molecule has 1 saturated heterocycles. The van der Waals surface area contributed by atoms with Crippen molar-refractivity contribution in [2.45, 2.75) is 13.5 Å². The van der Waals surface area contributed by atoms with Crippen molar-refractivity contribution < 1.29 is 33.4 Å². The van der Waals surface area contributed by atoms with E-state index in [0.717, 1.165) is 5.56 Å². The molecular formula is C25H20N2O7S. The SMILES string of the molecule is COc1cc(C=C2C(=O)NC(=S)N(c3ccccc3C)C2=O)ccc1OCc1ccc(C(=O)O)o1. The Hall–Kier alpha value is -4.44. The second-order valence-corrected chi connectivity index (χ2v) is 7.90. The van der Waals surface area contributed by atoms with Crippen molar-refractivity contribution in [3.05, 3.63) is 82.8 Å². The number of carboxylic acids is 1. The summed E-state index contributed by atoms with van der Waals surface area (Å²) in [6, 6.07) is 15.0. The van der Waals surface area contributed by atoms with Gasteiger partial charge >= 0.3 is 5.97 Å². The van der Waals surface area contributed by atoms with Gasteiger partial charge in [-0.05, 0) is 66.7 Å².